The van der Waals surface area contributed by atoms with Crippen LogP contribution in [0, 0.1) is 0 Å². The zero-order chi connectivity index (χ0) is 14.1. The summed E-state index contributed by atoms with van der Waals surface area (Å²) in [6.45, 7) is -4.37. The fourth-order valence-electron chi connectivity index (χ4n) is 1.47. The maximum Gasteiger partial charge on any atom is 1.00 e. The van der Waals surface area contributed by atoms with Crippen LogP contribution in [0.15, 0.2) is 30.3 Å². The minimum Gasteiger partial charge on any atom is -0.449 e. The van der Waals surface area contributed by atoms with E-state index in [0.29, 0.717) is 6.42 Å². The number of hydrogen-bond acceptors (Lipinski definition) is 2. The van der Waals surface area contributed by atoms with Gasteiger partial charge in [0.05, 0.1) is 0 Å². The van der Waals surface area contributed by atoms with E-state index in [1.165, 1.54) is 0 Å². The minimum absolute atomic E-state index is 0. The molecule has 0 saturated carbocycles. The van der Waals surface area contributed by atoms with E-state index in [2.05, 4.69) is 5.32 Å². The van der Waals surface area contributed by atoms with Crippen LogP contribution in [0.4, 0.5) is 17.7 Å². The summed E-state index contributed by atoms with van der Waals surface area (Å²) < 4.78 is 40.6. The molecule has 106 valence electrons. The van der Waals surface area contributed by atoms with Gasteiger partial charge in [-0.1, -0.05) is 43.1 Å². The Morgan fingerprint density at radius 3 is 2.40 bits per heavy atom. The van der Waals surface area contributed by atoms with Crippen LogP contribution in [0.3, 0.4) is 0 Å². The van der Waals surface area contributed by atoms with Crippen LogP contribution < -0.4 is 56.7 Å². The molecule has 3 nitrogen and oxygen atoms in total. The van der Waals surface area contributed by atoms with E-state index in [9.17, 15) is 17.7 Å². The first-order chi connectivity index (χ1) is 8.97. The van der Waals surface area contributed by atoms with Gasteiger partial charge in [0.1, 0.15) is 6.61 Å². The van der Waals surface area contributed by atoms with Crippen LogP contribution in [-0.4, -0.2) is 19.6 Å². The Balaban J connectivity index is 0.00000361. The predicted molar refractivity (Wildman–Crippen MR) is 67.7 cm³/mol. The van der Waals surface area contributed by atoms with E-state index in [4.69, 9.17) is 4.74 Å². The molecule has 0 spiro atoms. The Bertz CT molecular complexity index is 390. The number of nitrogens with one attached hydrogen (secondary N) is 1. The molecule has 0 fully saturated rings. The van der Waals surface area contributed by atoms with Crippen molar-refractivity contribution in [2.75, 3.05) is 6.54 Å². The van der Waals surface area contributed by atoms with Gasteiger partial charge >= 0.3 is 64.5 Å². The second kappa shape index (κ2) is 10.7. The number of hydrogen-bond donors (Lipinski definition) is 1. The van der Waals surface area contributed by atoms with Crippen LogP contribution in [0.5, 0.6) is 0 Å². The van der Waals surface area contributed by atoms with Crippen LogP contribution >= 0.6 is 0 Å². The molecule has 0 radical (unpaired) electrons. The summed E-state index contributed by atoms with van der Waals surface area (Å²) in [7, 11) is 0. The molecule has 0 heterocycles. The molecule has 0 bridgehead atoms. The number of carbonyl (C=O) groups excluding carboxylic acids is 1. The summed E-state index contributed by atoms with van der Waals surface area (Å²) in [5, 5.41) is 2.42. The molecule has 8 heteroatoms. The van der Waals surface area contributed by atoms with Crippen molar-refractivity contribution in [1.29, 1.82) is 0 Å². The average Bonchev–Trinajstić information content (AvgIpc) is 2.36. The van der Waals surface area contributed by atoms with Gasteiger partial charge in [-0.05, 0) is 12.0 Å². The molecule has 1 aromatic rings. The van der Waals surface area contributed by atoms with Gasteiger partial charge in [0.2, 0.25) is 0 Å². The summed E-state index contributed by atoms with van der Waals surface area (Å²) in [6, 6.07) is 9.15. The molecule has 20 heavy (non-hydrogen) atoms. The summed E-state index contributed by atoms with van der Waals surface area (Å²) in [4.78, 5) is 11.2. The Morgan fingerprint density at radius 2 is 1.80 bits per heavy atom. The van der Waals surface area contributed by atoms with Gasteiger partial charge in [0, 0.05) is 6.54 Å². The summed E-state index contributed by atoms with van der Waals surface area (Å²) in [5.74, 6) is 0. The molecular weight excluding hydrogens is 297 g/mol. The number of carbonyl (C=O) groups is 1. The molecule has 0 aromatic heterocycles. The van der Waals surface area contributed by atoms with Gasteiger partial charge < -0.3 is 23.0 Å². The third-order valence-electron chi connectivity index (χ3n) is 2.44. The Kier molecular flexibility index (Phi) is 10.7. The molecule has 1 rings (SSSR count). The SMILES string of the molecule is O=C(NCCCC[B-](F)(F)F)OCc1ccccc1.[K+]. The number of benzene rings is 1. The summed E-state index contributed by atoms with van der Waals surface area (Å²) in [5.41, 5.74) is 0.859. The van der Waals surface area contributed by atoms with E-state index in [1.54, 1.807) is 0 Å². The largest absolute Gasteiger partial charge is 1.00 e. The van der Waals surface area contributed by atoms with E-state index < -0.39 is 19.4 Å². The normalized spacial score (nSPS) is 10.6. The second-order valence-corrected chi connectivity index (χ2v) is 4.19. The van der Waals surface area contributed by atoms with Crippen molar-refractivity contribution < 1.29 is 73.9 Å². The van der Waals surface area contributed by atoms with E-state index >= 15 is 0 Å². The number of ether oxygens (including phenoxy) is 1. The fraction of sp³-hybridized carbons (Fsp3) is 0.417. The smallest absolute Gasteiger partial charge is 0.449 e. The molecule has 1 amide bonds. The first-order valence-electron chi connectivity index (χ1n) is 6.13. The van der Waals surface area contributed by atoms with Gasteiger partial charge in [-0.25, -0.2) is 4.79 Å². The van der Waals surface area contributed by atoms with Crippen molar-refractivity contribution in [3.63, 3.8) is 0 Å². The molecule has 0 aliphatic rings. The van der Waals surface area contributed by atoms with Crippen LogP contribution in [0.25, 0.3) is 0 Å². The average molecular weight is 313 g/mol. The molecule has 1 N–H and O–H groups in total. The Labute approximate surface area is 159 Å². The molecule has 0 saturated heterocycles. The molecule has 0 unspecified atom stereocenters. The summed E-state index contributed by atoms with van der Waals surface area (Å²) in [6.07, 6.45) is -1.05. The van der Waals surface area contributed by atoms with Crippen molar-refractivity contribution in [1.82, 2.24) is 5.32 Å². The molecule has 0 aliphatic carbocycles. The van der Waals surface area contributed by atoms with Crippen LogP contribution in [0.2, 0.25) is 6.32 Å². The monoisotopic (exact) mass is 313 g/mol. The molecular formula is C12H16BF3KNO2. The molecule has 0 aliphatic heterocycles. The second-order valence-electron chi connectivity index (χ2n) is 4.19. The number of amides is 1. The van der Waals surface area contributed by atoms with E-state index in [0.717, 1.165) is 5.56 Å². The van der Waals surface area contributed by atoms with Crippen LogP contribution in [0.1, 0.15) is 18.4 Å². The molecule has 1 aromatic carbocycles. The minimum atomic E-state index is -4.72. The third kappa shape index (κ3) is 10.7. The maximum atomic E-state index is 11.9. The third-order valence-corrected chi connectivity index (χ3v) is 2.44. The number of halogens is 3. The number of unbranched alkanes of at least 4 members (excludes halogenated alkanes) is 1. The zero-order valence-electron chi connectivity index (χ0n) is 11.5. The standard InChI is InChI=1S/C12H16BF3NO2.K/c14-13(15,16)8-4-5-9-17-12(18)19-10-11-6-2-1-3-7-11;/h1-3,6-7H,4-5,8-10H2,(H,17,18);/q-1;+1. The van der Waals surface area contributed by atoms with Gasteiger partial charge in [-0.3, -0.25) is 0 Å². The quantitative estimate of drug-likeness (QED) is 0.590. The molecule has 0 atom stereocenters. The van der Waals surface area contributed by atoms with Gasteiger partial charge in [-0.2, -0.15) is 0 Å². The van der Waals surface area contributed by atoms with E-state index in [-0.39, 0.29) is 71.0 Å². The van der Waals surface area contributed by atoms with Crippen molar-refractivity contribution in [3.05, 3.63) is 35.9 Å². The van der Waals surface area contributed by atoms with Crippen molar-refractivity contribution >= 4 is 13.1 Å². The number of rotatable bonds is 7. The van der Waals surface area contributed by atoms with Crippen molar-refractivity contribution in [3.8, 4) is 0 Å². The topological polar surface area (TPSA) is 38.3 Å². The van der Waals surface area contributed by atoms with Gasteiger partial charge in [-0.15, -0.1) is 0 Å². The fourth-order valence-corrected chi connectivity index (χ4v) is 1.47. The maximum absolute atomic E-state index is 11.9. The van der Waals surface area contributed by atoms with Gasteiger partial charge in [0.15, 0.2) is 0 Å². The van der Waals surface area contributed by atoms with Crippen molar-refractivity contribution in [2.45, 2.75) is 25.8 Å². The Morgan fingerprint density at radius 1 is 1.15 bits per heavy atom. The Hall–Kier alpha value is -0.0187. The van der Waals surface area contributed by atoms with Crippen molar-refractivity contribution in [2.24, 2.45) is 0 Å². The first kappa shape index (κ1) is 20.0. The van der Waals surface area contributed by atoms with E-state index in [1.807, 2.05) is 30.3 Å². The van der Waals surface area contributed by atoms with Gasteiger partial charge in [0.25, 0.3) is 0 Å². The summed E-state index contributed by atoms with van der Waals surface area (Å²) >= 11 is 0. The zero-order valence-corrected chi connectivity index (χ0v) is 14.6. The number of alkyl carbamates (subject to hydrolysis) is 1. The van der Waals surface area contributed by atoms with Crippen LogP contribution in [-0.2, 0) is 11.3 Å². The predicted octanol–water partition coefficient (Wildman–Crippen LogP) is 0.544. The first-order valence-corrected chi connectivity index (χ1v) is 6.13.